The highest BCUT2D eigenvalue weighted by atomic mass is 32.2. The molecule has 20 heavy (non-hydrogen) atoms. The quantitative estimate of drug-likeness (QED) is 0.767. The molecule has 0 unspecified atom stereocenters. The molecular weight excluding hydrogens is 278 g/mol. The first-order valence-electron chi connectivity index (χ1n) is 7.15. The fraction of sp³-hybridized carbons (Fsp3) is 0.769. The maximum Gasteiger partial charge on any atom is 0.244 e. The third-order valence-electron chi connectivity index (χ3n) is 4.13. The maximum atomic E-state index is 12.4. The van der Waals surface area contributed by atoms with Crippen LogP contribution in [-0.4, -0.2) is 29.8 Å². The van der Waals surface area contributed by atoms with Crippen molar-refractivity contribution in [1.82, 2.24) is 14.9 Å². The molecule has 1 aromatic heterocycles. The van der Waals surface area contributed by atoms with E-state index in [4.69, 9.17) is 0 Å². The van der Waals surface area contributed by atoms with Gasteiger partial charge in [0.25, 0.3) is 0 Å². The molecule has 0 aliphatic heterocycles. The number of sulfonamides is 1. The van der Waals surface area contributed by atoms with Gasteiger partial charge in [0.1, 0.15) is 10.6 Å². The zero-order valence-corrected chi connectivity index (χ0v) is 12.8. The molecule has 1 aliphatic rings. The third kappa shape index (κ3) is 3.21. The van der Waals surface area contributed by atoms with Crippen molar-refractivity contribution in [1.29, 1.82) is 0 Å². The molecule has 0 saturated heterocycles. The molecule has 3 N–H and O–H groups in total. The number of nitrogens with zero attached hydrogens (tertiary/aromatic N) is 1. The highest BCUT2D eigenvalue weighted by molar-refractivity contribution is 7.89. The zero-order valence-electron chi connectivity index (χ0n) is 12.0. The second-order valence-corrected chi connectivity index (χ2v) is 7.18. The van der Waals surface area contributed by atoms with Crippen molar-refractivity contribution in [3.63, 3.8) is 0 Å². The van der Waals surface area contributed by atoms with E-state index in [0.29, 0.717) is 5.69 Å². The van der Waals surface area contributed by atoms with Crippen molar-refractivity contribution >= 4 is 10.0 Å². The Balaban J connectivity index is 2.10. The van der Waals surface area contributed by atoms with Crippen LogP contribution in [0, 0.1) is 12.8 Å². The Morgan fingerprint density at radius 3 is 2.55 bits per heavy atom. The molecule has 6 nitrogen and oxygen atoms in total. The molecule has 1 heterocycles. The molecule has 0 radical (unpaired) electrons. The average Bonchev–Trinajstić information content (AvgIpc) is 2.81. The van der Waals surface area contributed by atoms with Gasteiger partial charge in [0.15, 0.2) is 0 Å². The van der Waals surface area contributed by atoms with E-state index in [0.717, 1.165) is 38.0 Å². The van der Waals surface area contributed by atoms with E-state index < -0.39 is 10.0 Å². The molecule has 0 atom stereocenters. The molecule has 114 valence electrons. The maximum absolute atomic E-state index is 12.4. The highest BCUT2D eigenvalue weighted by Crippen LogP contribution is 2.28. The summed E-state index contributed by atoms with van der Waals surface area (Å²) in [5, 5.41) is 15.6. The Kier molecular flexibility index (Phi) is 4.82. The molecule has 0 aromatic carbocycles. The normalized spacial score (nSPS) is 23.9. The van der Waals surface area contributed by atoms with Crippen LogP contribution in [0.2, 0.25) is 0 Å². The lowest BCUT2D eigenvalue weighted by atomic mass is 9.85. The van der Waals surface area contributed by atoms with E-state index in [1.54, 1.807) is 6.92 Å². The number of hydrogen-bond donors (Lipinski definition) is 3. The van der Waals surface area contributed by atoms with Gasteiger partial charge in [0.2, 0.25) is 10.0 Å². The number of aliphatic hydroxyl groups is 1. The van der Waals surface area contributed by atoms with E-state index in [-0.39, 0.29) is 23.2 Å². The van der Waals surface area contributed by atoms with E-state index in [9.17, 15) is 13.5 Å². The van der Waals surface area contributed by atoms with Gasteiger partial charge in [-0.05, 0) is 38.5 Å². The molecule has 0 spiro atoms. The fourth-order valence-electron chi connectivity index (χ4n) is 2.90. The van der Waals surface area contributed by atoms with Gasteiger partial charge in [-0.25, -0.2) is 13.1 Å². The second-order valence-electron chi connectivity index (χ2n) is 5.53. The van der Waals surface area contributed by atoms with Gasteiger partial charge in [-0.1, -0.05) is 13.3 Å². The first kappa shape index (κ1) is 15.5. The second kappa shape index (κ2) is 6.24. The van der Waals surface area contributed by atoms with Crippen LogP contribution in [0.15, 0.2) is 4.90 Å². The van der Waals surface area contributed by atoms with Crippen molar-refractivity contribution in [2.24, 2.45) is 5.92 Å². The molecule has 0 amide bonds. The number of rotatable bonds is 5. The monoisotopic (exact) mass is 301 g/mol. The number of aryl methyl sites for hydroxylation is 1. The van der Waals surface area contributed by atoms with Crippen LogP contribution in [0.1, 0.15) is 50.4 Å². The number of nitrogens with one attached hydrogen (secondary N) is 2. The van der Waals surface area contributed by atoms with Gasteiger partial charge in [-0.3, -0.25) is 5.10 Å². The molecular formula is C13H23N3O3S. The van der Waals surface area contributed by atoms with Gasteiger partial charge >= 0.3 is 0 Å². The smallest absolute Gasteiger partial charge is 0.244 e. The minimum atomic E-state index is -3.62. The van der Waals surface area contributed by atoms with Crippen LogP contribution in [0.25, 0.3) is 0 Å². The first-order chi connectivity index (χ1) is 9.47. The Hall–Kier alpha value is -0.920. The van der Waals surface area contributed by atoms with Crippen LogP contribution in [0.4, 0.5) is 0 Å². The predicted molar refractivity (Wildman–Crippen MR) is 75.6 cm³/mol. The van der Waals surface area contributed by atoms with Crippen LogP contribution in [0.3, 0.4) is 0 Å². The first-order valence-corrected chi connectivity index (χ1v) is 8.63. The van der Waals surface area contributed by atoms with Gasteiger partial charge in [0, 0.05) is 6.04 Å². The summed E-state index contributed by atoms with van der Waals surface area (Å²) < 4.78 is 27.6. The molecule has 1 saturated carbocycles. The Morgan fingerprint density at radius 2 is 2.00 bits per heavy atom. The lowest BCUT2D eigenvalue weighted by Crippen LogP contribution is -2.38. The van der Waals surface area contributed by atoms with Gasteiger partial charge < -0.3 is 5.11 Å². The summed E-state index contributed by atoms with van der Waals surface area (Å²) in [5.74, 6) is 0.722. The van der Waals surface area contributed by atoms with E-state index in [2.05, 4.69) is 21.8 Å². The average molecular weight is 301 g/mol. The summed E-state index contributed by atoms with van der Waals surface area (Å²) in [5.41, 5.74) is 0.640. The lowest BCUT2D eigenvalue weighted by Gasteiger charge is -2.28. The van der Waals surface area contributed by atoms with E-state index >= 15 is 0 Å². The van der Waals surface area contributed by atoms with Crippen molar-refractivity contribution in [3.8, 4) is 0 Å². The Labute approximate surface area is 120 Å². The minimum Gasteiger partial charge on any atom is -0.390 e. The van der Waals surface area contributed by atoms with Crippen molar-refractivity contribution in [2.75, 3.05) is 0 Å². The lowest BCUT2D eigenvalue weighted by molar-refractivity contribution is 0.273. The van der Waals surface area contributed by atoms with Crippen LogP contribution in [0.5, 0.6) is 0 Å². The summed E-state index contributed by atoms with van der Waals surface area (Å²) in [6, 6.07) is -0.0105. The van der Waals surface area contributed by atoms with Crippen molar-refractivity contribution in [2.45, 2.75) is 63.5 Å². The third-order valence-corrected chi connectivity index (χ3v) is 5.85. The van der Waals surface area contributed by atoms with Crippen LogP contribution in [-0.2, 0) is 16.6 Å². The summed E-state index contributed by atoms with van der Waals surface area (Å²) in [4.78, 5) is 0.0950. The highest BCUT2D eigenvalue weighted by Gasteiger charge is 2.29. The Morgan fingerprint density at radius 1 is 1.35 bits per heavy atom. The summed E-state index contributed by atoms with van der Waals surface area (Å²) in [6.45, 7) is 3.44. The molecule has 1 aromatic rings. The topological polar surface area (TPSA) is 95.1 Å². The summed E-state index contributed by atoms with van der Waals surface area (Å²) in [7, 11) is -3.62. The fourth-order valence-corrected chi connectivity index (χ4v) is 4.56. The van der Waals surface area contributed by atoms with Crippen molar-refractivity contribution in [3.05, 3.63) is 11.4 Å². The molecule has 7 heteroatoms. The van der Waals surface area contributed by atoms with Crippen molar-refractivity contribution < 1.29 is 13.5 Å². The SMILES string of the molecule is CCC1CCC(NS(=O)(=O)c2c(CO)n[nH]c2C)CC1. The number of aliphatic hydroxyl groups excluding tert-OH is 1. The van der Waals surface area contributed by atoms with E-state index in [1.165, 1.54) is 0 Å². The van der Waals surface area contributed by atoms with Gasteiger partial charge in [-0.15, -0.1) is 0 Å². The largest absolute Gasteiger partial charge is 0.390 e. The molecule has 2 rings (SSSR count). The standard InChI is InChI=1S/C13H23N3O3S/c1-3-10-4-6-11(7-5-10)16-20(18,19)13-9(2)14-15-12(13)8-17/h10-11,16-17H,3-8H2,1-2H3,(H,14,15). The molecule has 1 aliphatic carbocycles. The predicted octanol–water partition coefficient (Wildman–Crippen LogP) is 1.46. The van der Waals surface area contributed by atoms with Crippen LogP contribution < -0.4 is 4.72 Å². The van der Waals surface area contributed by atoms with E-state index in [1.807, 2.05) is 0 Å². The number of hydrogen-bond acceptors (Lipinski definition) is 4. The van der Waals surface area contributed by atoms with Crippen LogP contribution >= 0.6 is 0 Å². The summed E-state index contributed by atoms with van der Waals surface area (Å²) >= 11 is 0. The van der Waals surface area contributed by atoms with Gasteiger partial charge in [0.05, 0.1) is 12.3 Å². The molecule has 0 bridgehead atoms. The van der Waals surface area contributed by atoms with Gasteiger partial charge in [-0.2, -0.15) is 5.10 Å². The minimum absolute atomic E-state index is 0.0105. The number of aromatic nitrogens is 2. The molecule has 1 fully saturated rings. The number of H-pyrrole nitrogens is 1. The zero-order chi connectivity index (χ0) is 14.8. The Bertz CT molecular complexity index is 545. The number of aromatic amines is 1. The summed E-state index contributed by atoms with van der Waals surface area (Å²) in [6.07, 6.45) is 5.06.